The molecule has 2 aromatic carbocycles. The van der Waals surface area contributed by atoms with Crippen LogP contribution in [0.4, 0.5) is 10.5 Å². The molecule has 0 aliphatic carbocycles. The van der Waals surface area contributed by atoms with Crippen molar-refractivity contribution < 1.29 is 23.8 Å². The lowest BCUT2D eigenvalue weighted by molar-refractivity contribution is -0.158. The van der Waals surface area contributed by atoms with E-state index in [1.165, 1.54) is 0 Å². The van der Waals surface area contributed by atoms with Gasteiger partial charge in [0.15, 0.2) is 11.5 Å². The van der Waals surface area contributed by atoms with Gasteiger partial charge in [-0.15, -0.1) is 0 Å². The molecule has 1 unspecified atom stereocenters. The van der Waals surface area contributed by atoms with E-state index in [1.54, 1.807) is 23.1 Å². The minimum atomic E-state index is -0.757. The number of hydrogen-bond acceptors (Lipinski definition) is 5. The summed E-state index contributed by atoms with van der Waals surface area (Å²) in [5, 5.41) is 2.92. The Labute approximate surface area is 182 Å². The number of benzene rings is 2. The number of amides is 2. The van der Waals surface area contributed by atoms with Crippen LogP contribution in [0.2, 0.25) is 0 Å². The number of esters is 1. The highest BCUT2D eigenvalue weighted by atomic mass is 16.7. The number of aryl methyl sites for hydroxylation is 1. The summed E-state index contributed by atoms with van der Waals surface area (Å²) in [4.78, 5) is 27.8. The van der Waals surface area contributed by atoms with Gasteiger partial charge in [0.1, 0.15) is 0 Å². The lowest BCUT2D eigenvalue weighted by Gasteiger charge is -2.41. The first kappa shape index (κ1) is 21.0. The van der Waals surface area contributed by atoms with Gasteiger partial charge in [0.25, 0.3) is 0 Å². The average Bonchev–Trinajstić information content (AvgIpc) is 3.23. The monoisotopic (exact) mass is 424 g/mol. The number of carbonyl (C=O) groups is 2. The minimum Gasteiger partial charge on any atom is -0.466 e. The van der Waals surface area contributed by atoms with Crippen molar-refractivity contribution in [3.05, 3.63) is 53.6 Å². The van der Waals surface area contributed by atoms with Crippen LogP contribution in [0.15, 0.2) is 42.5 Å². The number of nitrogens with one attached hydrogen (secondary N) is 1. The van der Waals surface area contributed by atoms with E-state index in [0.29, 0.717) is 49.7 Å². The van der Waals surface area contributed by atoms with Gasteiger partial charge in [-0.2, -0.15) is 0 Å². The van der Waals surface area contributed by atoms with Crippen molar-refractivity contribution in [1.82, 2.24) is 4.90 Å². The maximum atomic E-state index is 13.1. The van der Waals surface area contributed by atoms with E-state index in [2.05, 4.69) is 5.32 Å². The van der Waals surface area contributed by atoms with Crippen LogP contribution in [-0.2, 0) is 16.0 Å². The van der Waals surface area contributed by atoms with Gasteiger partial charge >= 0.3 is 12.0 Å². The summed E-state index contributed by atoms with van der Waals surface area (Å²) < 4.78 is 16.2. The number of likely N-dealkylation sites (tertiary alicyclic amines) is 1. The number of anilines is 1. The normalized spacial score (nSPS) is 19.7. The summed E-state index contributed by atoms with van der Waals surface area (Å²) in [6, 6.07) is 13.1. The Bertz CT molecular complexity index is 976. The largest absolute Gasteiger partial charge is 0.466 e. The molecule has 0 saturated carbocycles. The van der Waals surface area contributed by atoms with Crippen molar-refractivity contribution in [2.45, 2.75) is 33.1 Å². The molecule has 2 aliphatic rings. The maximum absolute atomic E-state index is 13.1. The summed E-state index contributed by atoms with van der Waals surface area (Å²) in [5.41, 5.74) is 2.11. The lowest BCUT2D eigenvalue weighted by Crippen LogP contribution is -2.52. The summed E-state index contributed by atoms with van der Waals surface area (Å²) in [6.45, 7) is 5.26. The Balaban J connectivity index is 1.53. The number of hydrogen-bond donors (Lipinski definition) is 1. The number of ether oxygens (including phenoxy) is 3. The fourth-order valence-electron chi connectivity index (χ4n) is 4.32. The Morgan fingerprint density at radius 3 is 2.77 bits per heavy atom. The summed E-state index contributed by atoms with van der Waals surface area (Å²) in [6.07, 6.45) is 1.97. The third kappa shape index (κ3) is 4.45. The predicted octanol–water partition coefficient (Wildman–Crippen LogP) is 4.14. The zero-order valence-electron chi connectivity index (χ0n) is 18.0. The van der Waals surface area contributed by atoms with E-state index in [0.717, 1.165) is 17.5 Å². The van der Waals surface area contributed by atoms with Gasteiger partial charge in [0.05, 0.1) is 12.0 Å². The Hall–Kier alpha value is -3.22. The van der Waals surface area contributed by atoms with Crippen molar-refractivity contribution in [3.63, 3.8) is 0 Å². The van der Waals surface area contributed by atoms with E-state index in [-0.39, 0.29) is 18.8 Å². The second-order valence-electron chi connectivity index (χ2n) is 8.13. The van der Waals surface area contributed by atoms with Crippen LogP contribution in [0.3, 0.4) is 0 Å². The van der Waals surface area contributed by atoms with Gasteiger partial charge in [0.2, 0.25) is 6.79 Å². The van der Waals surface area contributed by atoms with Crippen LogP contribution in [0, 0.1) is 12.3 Å². The highest BCUT2D eigenvalue weighted by Crippen LogP contribution is 2.37. The molecular weight excluding hydrogens is 396 g/mol. The molecule has 0 bridgehead atoms. The molecule has 2 aliphatic heterocycles. The molecule has 2 heterocycles. The lowest BCUT2D eigenvalue weighted by atomic mass is 9.74. The van der Waals surface area contributed by atoms with Crippen LogP contribution >= 0.6 is 0 Å². The SMILES string of the molecule is CCOC(=O)C1(Cc2ccccc2C)CCCN(C(=O)Nc2ccc3c(c2)OCO3)C1. The average molecular weight is 424 g/mol. The Morgan fingerprint density at radius 1 is 1.16 bits per heavy atom. The van der Waals surface area contributed by atoms with Gasteiger partial charge in [-0.3, -0.25) is 4.79 Å². The fraction of sp³-hybridized carbons (Fsp3) is 0.417. The van der Waals surface area contributed by atoms with Crippen LogP contribution in [0.5, 0.6) is 11.5 Å². The van der Waals surface area contributed by atoms with Crippen LogP contribution in [0.1, 0.15) is 30.9 Å². The molecule has 31 heavy (non-hydrogen) atoms. The molecule has 1 saturated heterocycles. The first-order chi connectivity index (χ1) is 15.0. The third-order valence-corrected chi connectivity index (χ3v) is 5.99. The fourth-order valence-corrected chi connectivity index (χ4v) is 4.32. The molecule has 0 radical (unpaired) electrons. The summed E-state index contributed by atoms with van der Waals surface area (Å²) in [7, 11) is 0. The predicted molar refractivity (Wildman–Crippen MR) is 116 cm³/mol. The Morgan fingerprint density at radius 2 is 1.97 bits per heavy atom. The molecule has 2 amide bonds. The number of urea groups is 1. The summed E-state index contributed by atoms with van der Waals surface area (Å²) >= 11 is 0. The van der Waals surface area contributed by atoms with E-state index in [9.17, 15) is 9.59 Å². The topological polar surface area (TPSA) is 77.1 Å². The van der Waals surface area contributed by atoms with Crippen molar-refractivity contribution >= 4 is 17.7 Å². The van der Waals surface area contributed by atoms with Crippen LogP contribution in [-0.4, -0.2) is 43.4 Å². The molecule has 4 rings (SSSR count). The molecule has 0 aromatic heterocycles. The smallest absolute Gasteiger partial charge is 0.321 e. The van der Waals surface area contributed by atoms with Crippen molar-refractivity contribution in [1.29, 1.82) is 0 Å². The van der Waals surface area contributed by atoms with Gasteiger partial charge in [-0.05, 0) is 56.4 Å². The number of nitrogens with zero attached hydrogens (tertiary/aromatic N) is 1. The van der Waals surface area contributed by atoms with Gasteiger partial charge < -0.3 is 24.4 Å². The summed E-state index contributed by atoms with van der Waals surface area (Å²) in [5.74, 6) is 1.03. The van der Waals surface area contributed by atoms with E-state index < -0.39 is 5.41 Å². The zero-order valence-corrected chi connectivity index (χ0v) is 18.0. The van der Waals surface area contributed by atoms with Crippen LogP contribution < -0.4 is 14.8 Å². The molecule has 7 nitrogen and oxygen atoms in total. The second-order valence-corrected chi connectivity index (χ2v) is 8.13. The van der Waals surface area contributed by atoms with E-state index in [4.69, 9.17) is 14.2 Å². The molecule has 0 spiro atoms. The van der Waals surface area contributed by atoms with Gasteiger partial charge in [0, 0.05) is 24.8 Å². The van der Waals surface area contributed by atoms with E-state index >= 15 is 0 Å². The minimum absolute atomic E-state index is 0.180. The van der Waals surface area contributed by atoms with Crippen molar-refractivity contribution in [3.8, 4) is 11.5 Å². The number of piperidine rings is 1. The van der Waals surface area contributed by atoms with Gasteiger partial charge in [-0.1, -0.05) is 24.3 Å². The Kier molecular flexibility index (Phi) is 6.02. The highest BCUT2D eigenvalue weighted by molar-refractivity contribution is 5.90. The molecule has 164 valence electrons. The molecule has 2 aromatic rings. The number of carbonyl (C=O) groups excluding carboxylic acids is 2. The van der Waals surface area contributed by atoms with Crippen molar-refractivity contribution in [2.75, 3.05) is 31.8 Å². The quantitative estimate of drug-likeness (QED) is 0.730. The molecule has 1 fully saturated rings. The zero-order chi connectivity index (χ0) is 21.8. The number of rotatable bonds is 5. The van der Waals surface area contributed by atoms with E-state index in [1.807, 2.05) is 38.1 Å². The first-order valence-corrected chi connectivity index (χ1v) is 10.7. The number of fused-ring (bicyclic) bond motifs is 1. The maximum Gasteiger partial charge on any atom is 0.321 e. The molecular formula is C24H28N2O5. The molecule has 1 atom stereocenters. The van der Waals surface area contributed by atoms with Crippen molar-refractivity contribution in [2.24, 2.45) is 5.41 Å². The molecule has 7 heteroatoms. The standard InChI is InChI=1S/C24H28N2O5/c1-3-29-22(27)24(14-18-8-5-4-7-17(18)2)11-6-12-26(15-24)23(28)25-19-9-10-20-21(13-19)31-16-30-20/h4-5,7-10,13H,3,6,11-12,14-16H2,1-2H3,(H,25,28). The van der Waals surface area contributed by atoms with Crippen LogP contribution in [0.25, 0.3) is 0 Å². The van der Waals surface area contributed by atoms with Gasteiger partial charge in [-0.25, -0.2) is 4.79 Å². The molecule has 1 N–H and O–H groups in total. The third-order valence-electron chi connectivity index (χ3n) is 5.99. The highest BCUT2D eigenvalue weighted by Gasteiger charge is 2.45. The second kappa shape index (κ2) is 8.88. The first-order valence-electron chi connectivity index (χ1n) is 10.7.